The Balaban J connectivity index is 1.92. The molecule has 0 atom stereocenters. The Hall–Kier alpha value is -2.90. The van der Waals surface area contributed by atoms with Crippen LogP contribution in [0.5, 0.6) is 0 Å². The zero-order valence-corrected chi connectivity index (χ0v) is 10.7. The average molecular weight is 294 g/mol. The molecule has 0 saturated carbocycles. The molecule has 8 heteroatoms. The molecule has 1 N–H and O–H groups in total. The van der Waals surface area contributed by atoms with Crippen molar-refractivity contribution in [2.75, 3.05) is 0 Å². The Morgan fingerprint density at radius 2 is 1.90 bits per heavy atom. The molecule has 0 fully saturated rings. The van der Waals surface area contributed by atoms with E-state index in [1.807, 2.05) is 11.1 Å². The molecule has 110 valence electrons. The molecule has 0 saturated heterocycles. The fourth-order valence-corrected chi connectivity index (χ4v) is 1.48. The molecule has 1 aromatic heterocycles. The van der Waals surface area contributed by atoms with Crippen LogP contribution in [0.2, 0.25) is 0 Å². The van der Waals surface area contributed by atoms with E-state index in [0.717, 1.165) is 5.56 Å². The van der Waals surface area contributed by atoms with Gasteiger partial charge >= 0.3 is 11.8 Å². The van der Waals surface area contributed by atoms with Crippen LogP contribution in [0.15, 0.2) is 46.1 Å². The van der Waals surface area contributed by atoms with Crippen LogP contribution in [-0.2, 0) is 22.8 Å². The first-order chi connectivity index (χ1) is 10.1. The first-order valence-electron chi connectivity index (χ1n) is 5.89. The lowest BCUT2D eigenvalue weighted by Gasteiger charge is -2.07. The SMILES string of the molecule is O=C(OCc1ccccc1)OCn1c(=O)[nH]cc(F)c1=O. The summed E-state index contributed by atoms with van der Waals surface area (Å²) in [6.45, 7) is -0.756. The van der Waals surface area contributed by atoms with Gasteiger partial charge in [-0.2, -0.15) is 4.39 Å². The smallest absolute Gasteiger partial charge is 0.429 e. The first kappa shape index (κ1) is 14.5. The van der Waals surface area contributed by atoms with Crippen molar-refractivity contribution in [1.29, 1.82) is 0 Å². The Morgan fingerprint density at radius 1 is 1.19 bits per heavy atom. The molecule has 21 heavy (non-hydrogen) atoms. The van der Waals surface area contributed by atoms with Crippen molar-refractivity contribution < 1.29 is 18.7 Å². The van der Waals surface area contributed by atoms with Crippen molar-refractivity contribution in [1.82, 2.24) is 9.55 Å². The van der Waals surface area contributed by atoms with Crippen molar-refractivity contribution in [2.24, 2.45) is 0 Å². The van der Waals surface area contributed by atoms with E-state index >= 15 is 0 Å². The molecule has 1 aromatic carbocycles. The highest BCUT2D eigenvalue weighted by atomic mass is 19.1. The normalized spacial score (nSPS) is 10.1. The number of rotatable bonds is 4. The third-order valence-corrected chi connectivity index (χ3v) is 2.53. The van der Waals surface area contributed by atoms with E-state index < -0.39 is 30.0 Å². The fourth-order valence-electron chi connectivity index (χ4n) is 1.48. The summed E-state index contributed by atoms with van der Waals surface area (Å²) in [7, 11) is 0. The van der Waals surface area contributed by atoms with Crippen LogP contribution in [-0.4, -0.2) is 15.7 Å². The molecule has 0 aliphatic carbocycles. The van der Waals surface area contributed by atoms with Gasteiger partial charge in [0, 0.05) is 6.20 Å². The van der Waals surface area contributed by atoms with Gasteiger partial charge in [0.05, 0.1) is 0 Å². The van der Waals surface area contributed by atoms with Gasteiger partial charge in [-0.15, -0.1) is 0 Å². The number of hydrogen-bond donors (Lipinski definition) is 1. The minimum absolute atomic E-state index is 0.0198. The number of nitrogens with one attached hydrogen (secondary N) is 1. The highest BCUT2D eigenvalue weighted by molar-refractivity contribution is 5.59. The van der Waals surface area contributed by atoms with E-state index in [-0.39, 0.29) is 6.61 Å². The first-order valence-corrected chi connectivity index (χ1v) is 5.89. The molecule has 0 unspecified atom stereocenters. The van der Waals surface area contributed by atoms with E-state index in [2.05, 4.69) is 4.74 Å². The average Bonchev–Trinajstić information content (AvgIpc) is 2.50. The molecular weight excluding hydrogens is 283 g/mol. The number of nitrogens with zero attached hydrogens (tertiary/aromatic N) is 1. The predicted octanol–water partition coefficient (Wildman–Crippen LogP) is 0.987. The van der Waals surface area contributed by atoms with E-state index in [1.165, 1.54) is 0 Å². The lowest BCUT2D eigenvalue weighted by molar-refractivity contribution is 0.0266. The molecule has 0 radical (unpaired) electrons. The van der Waals surface area contributed by atoms with Gasteiger partial charge in [0.25, 0.3) is 5.56 Å². The topological polar surface area (TPSA) is 90.4 Å². The van der Waals surface area contributed by atoms with Crippen LogP contribution < -0.4 is 11.2 Å². The van der Waals surface area contributed by atoms with Crippen molar-refractivity contribution >= 4 is 6.16 Å². The van der Waals surface area contributed by atoms with E-state index in [4.69, 9.17) is 4.74 Å². The summed E-state index contributed by atoms with van der Waals surface area (Å²) in [5.74, 6) is -1.16. The number of carbonyl (C=O) groups excluding carboxylic acids is 1. The number of H-pyrrole nitrogens is 1. The van der Waals surface area contributed by atoms with Gasteiger partial charge in [-0.3, -0.25) is 4.79 Å². The number of benzene rings is 1. The van der Waals surface area contributed by atoms with Crippen LogP contribution >= 0.6 is 0 Å². The van der Waals surface area contributed by atoms with Gasteiger partial charge in [0.1, 0.15) is 6.61 Å². The molecule has 1 heterocycles. The van der Waals surface area contributed by atoms with Crippen LogP contribution in [0, 0.1) is 5.82 Å². The number of hydrogen-bond acceptors (Lipinski definition) is 5. The summed E-state index contributed by atoms with van der Waals surface area (Å²) in [4.78, 5) is 35.9. The lowest BCUT2D eigenvalue weighted by atomic mass is 10.2. The molecular formula is C13H11FN2O5. The van der Waals surface area contributed by atoms with Gasteiger partial charge in [-0.05, 0) is 5.56 Å². The summed E-state index contributed by atoms with van der Waals surface area (Å²) in [5.41, 5.74) is -1.33. The maximum Gasteiger partial charge on any atom is 0.510 e. The summed E-state index contributed by atoms with van der Waals surface area (Å²) in [6.07, 6.45) is -0.441. The molecule has 0 amide bonds. The third-order valence-electron chi connectivity index (χ3n) is 2.53. The fraction of sp³-hybridized carbons (Fsp3) is 0.154. The van der Waals surface area contributed by atoms with Crippen LogP contribution in [0.4, 0.5) is 9.18 Å². The quantitative estimate of drug-likeness (QED) is 0.849. The van der Waals surface area contributed by atoms with Crippen molar-refractivity contribution in [3.63, 3.8) is 0 Å². The molecule has 0 bridgehead atoms. The van der Waals surface area contributed by atoms with Crippen LogP contribution in [0.1, 0.15) is 5.56 Å². The standard InChI is InChI=1S/C13H11FN2O5/c14-10-6-15-12(18)16(11(10)17)8-21-13(19)20-7-9-4-2-1-3-5-9/h1-6H,7-8H2,(H,15,18). The van der Waals surface area contributed by atoms with Gasteiger partial charge in [-0.25, -0.2) is 14.2 Å². The Bertz CT molecular complexity index is 738. The molecule has 0 aliphatic rings. The van der Waals surface area contributed by atoms with Crippen molar-refractivity contribution in [2.45, 2.75) is 13.3 Å². The third kappa shape index (κ3) is 3.78. The minimum Gasteiger partial charge on any atom is -0.429 e. The number of carbonyl (C=O) groups is 1. The second kappa shape index (κ2) is 6.51. The number of ether oxygens (including phenoxy) is 2. The van der Waals surface area contributed by atoms with Gasteiger partial charge < -0.3 is 14.5 Å². The Morgan fingerprint density at radius 3 is 2.62 bits per heavy atom. The number of aromatic nitrogens is 2. The largest absolute Gasteiger partial charge is 0.510 e. The predicted molar refractivity (Wildman–Crippen MR) is 69.0 cm³/mol. The lowest BCUT2D eigenvalue weighted by Crippen LogP contribution is -2.37. The van der Waals surface area contributed by atoms with E-state index in [0.29, 0.717) is 10.8 Å². The Labute approximate surface area is 117 Å². The molecule has 0 aliphatic heterocycles. The number of aromatic amines is 1. The van der Waals surface area contributed by atoms with Gasteiger partial charge in [0.2, 0.25) is 5.82 Å². The number of halogens is 1. The maximum absolute atomic E-state index is 13.0. The van der Waals surface area contributed by atoms with Crippen LogP contribution in [0.25, 0.3) is 0 Å². The monoisotopic (exact) mass is 294 g/mol. The van der Waals surface area contributed by atoms with Crippen molar-refractivity contribution in [3.8, 4) is 0 Å². The maximum atomic E-state index is 13.0. The second-order valence-corrected chi connectivity index (χ2v) is 3.97. The van der Waals surface area contributed by atoms with Gasteiger partial charge in [0.15, 0.2) is 6.73 Å². The zero-order chi connectivity index (χ0) is 15.2. The summed E-state index contributed by atoms with van der Waals surface area (Å²) >= 11 is 0. The molecule has 0 spiro atoms. The van der Waals surface area contributed by atoms with Crippen molar-refractivity contribution in [3.05, 3.63) is 68.7 Å². The highest BCUT2D eigenvalue weighted by Gasteiger charge is 2.10. The van der Waals surface area contributed by atoms with E-state index in [9.17, 15) is 18.8 Å². The van der Waals surface area contributed by atoms with E-state index in [1.54, 1.807) is 24.3 Å². The zero-order valence-electron chi connectivity index (χ0n) is 10.7. The van der Waals surface area contributed by atoms with Crippen LogP contribution in [0.3, 0.4) is 0 Å². The second-order valence-electron chi connectivity index (χ2n) is 3.97. The summed E-state index contributed by atoms with van der Waals surface area (Å²) in [5, 5.41) is 0. The minimum atomic E-state index is -1.19. The summed E-state index contributed by atoms with van der Waals surface area (Å²) in [6, 6.07) is 8.85. The highest BCUT2D eigenvalue weighted by Crippen LogP contribution is 2.01. The molecule has 2 aromatic rings. The molecule has 7 nitrogen and oxygen atoms in total. The Kier molecular flexibility index (Phi) is 4.50. The summed E-state index contributed by atoms with van der Waals surface area (Å²) < 4.78 is 22.7. The molecule has 2 rings (SSSR count). The van der Waals surface area contributed by atoms with Gasteiger partial charge in [-0.1, -0.05) is 30.3 Å².